The van der Waals surface area contributed by atoms with Crippen LogP contribution in [0.3, 0.4) is 0 Å². The Morgan fingerprint density at radius 3 is 1.86 bits per heavy atom. The minimum absolute atomic E-state index is 0.423. The van der Waals surface area contributed by atoms with Crippen molar-refractivity contribution in [3.05, 3.63) is 57.6 Å². The molecule has 0 saturated carbocycles. The lowest BCUT2D eigenvalue weighted by Crippen LogP contribution is -2.63. The van der Waals surface area contributed by atoms with Gasteiger partial charge in [0, 0.05) is 18.5 Å². The molecule has 5 rings (SSSR count). The van der Waals surface area contributed by atoms with Crippen LogP contribution in [0.4, 0.5) is 0 Å². The minimum atomic E-state index is -2.29. The highest BCUT2D eigenvalue weighted by Gasteiger charge is 2.59. The SMILES string of the molecule is Cc1cc(C)c([Si]2(c3c(C)cc(C)cc3C)CC3C(CN4CCC[C@@H]34)O2)c(C)c1. The first kappa shape index (κ1) is 19.5. The fraction of sp³-hybridized carbons (Fsp3) is 0.538. The monoisotopic (exact) mass is 405 g/mol. The van der Waals surface area contributed by atoms with Crippen molar-refractivity contribution >= 4 is 18.7 Å². The Labute approximate surface area is 177 Å². The van der Waals surface area contributed by atoms with Gasteiger partial charge in [0.2, 0.25) is 0 Å². The van der Waals surface area contributed by atoms with E-state index < -0.39 is 8.32 Å². The topological polar surface area (TPSA) is 12.5 Å². The van der Waals surface area contributed by atoms with E-state index in [1.807, 2.05) is 0 Å². The molecule has 0 aliphatic carbocycles. The molecular formula is C26H35NOSi. The Morgan fingerprint density at radius 2 is 1.34 bits per heavy atom. The van der Waals surface area contributed by atoms with Crippen LogP contribution in [-0.2, 0) is 4.43 Å². The third-order valence-electron chi connectivity index (χ3n) is 7.84. The van der Waals surface area contributed by atoms with Crippen molar-refractivity contribution in [3.8, 4) is 0 Å². The molecule has 0 spiro atoms. The van der Waals surface area contributed by atoms with Gasteiger partial charge in [-0.05, 0) is 99.6 Å². The normalized spacial score (nSPS) is 28.0. The summed E-state index contributed by atoms with van der Waals surface area (Å²) in [6.45, 7) is 16.2. The average molecular weight is 406 g/mol. The molecule has 0 radical (unpaired) electrons. The Balaban J connectivity index is 1.73. The first-order chi connectivity index (χ1) is 13.8. The fourth-order valence-corrected chi connectivity index (χ4v) is 13.1. The third-order valence-corrected chi connectivity index (χ3v) is 12.8. The first-order valence-corrected chi connectivity index (χ1v) is 13.5. The molecule has 2 nitrogen and oxygen atoms in total. The van der Waals surface area contributed by atoms with Crippen LogP contribution in [0.15, 0.2) is 24.3 Å². The van der Waals surface area contributed by atoms with E-state index in [-0.39, 0.29) is 0 Å². The van der Waals surface area contributed by atoms with E-state index in [9.17, 15) is 0 Å². The molecular weight excluding hydrogens is 370 g/mol. The van der Waals surface area contributed by atoms with Crippen molar-refractivity contribution in [2.75, 3.05) is 13.1 Å². The zero-order valence-corrected chi connectivity index (χ0v) is 19.9. The summed E-state index contributed by atoms with van der Waals surface area (Å²) in [4.78, 5) is 2.72. The lowest BCUT2D eigenvalue weighted by atomic mass is 9.98. The van der Waals surface area contributed by atoms with Crippen LogP contribution >= 0.6 is 0 Å². The molecule has 3 heteroatoms. The molecule has 29 heavy (non-hydrogen) atoms. The van der Waals surface area contributed by atoms with Crippen LogP contribution in [0.25, 0.3) is 0 Å². The maximum absolute atomic E-state index is 7.38. The molecule has 154 valence electrons. The maximum Gasteiger partial charge on any atom is 0.257 e. The molecule has 0 amide bonds. The molecule has 3 fully saturated rings. The van der Waals surface area contributed by atoms with E-state index in [1.165, 1.54) is 58.8 Å². The van der Waals surface area contributed by atoms with Gasteiger partial charge in [0.1, 0.15) is 0 Å². The summed E-state index contributed by atoms with van der Waals surface area (Å²) in [6, 6.07) is 11.6. The van der Waals surface area contributed by atoms with E-state index in [4.69, 9.17) is 4.43 Å². The summed E-state index contributed by atoms with van der Waals surface area (Å²) in [7, 11) is -2.29. The number of hydrogen-bond acceptors (Lipinski definition) is 2. The van der Waals surface area contributed by atoms with Gasteiger partial charge in [0.25, 0.3) is 8.32 Å². The van der Waals surface area contributed by atoms with E-state index in [1.54, 1.807) is 10.4 Å². The molecule has 0 aromatic heterocycles. The van der Waals surface area contributed by atoms with Crippen molar-refractivity contribution in [2.24, 2.45) is 5.92 Å². The molecule has 2 aromatic rings. The summed E-state index contributed by atoms with van der Waals surface area (Å²) < 4.78 is 7.38. The van der Waals surface area contributed by atoms with Crippen LogP contribution in [0.1, 0.15) is 46.2 Å². The summed E-state index contributed by atoms with van der Waals surface area (Å²) in [5, 5.41) is 3.13. The lowest BCUT2D eigenvalue weighted by Gasteiger charge is -2.35. The molecule has 2 unspecified atom stereocenters. The number of nitrogens with zero attached hydrogens (tertiary/aromatic N) is 1. The van der Waals surface area contributed by atoms with Gasteiger partial charge < -0.3 is 4.43 Å². The van der Waals surface area contributed by atoms with Crippen molar-refractivity contribution in [1.29, 1.82) is 0 Å². The van der Waals surface area contributed by atoms with Crippen molar-refractivity contribution < 1.29 is 4.43 Å². The highest BCUT2D eigenvalue weighted by Crippen LogP contribution is 2.46. The van der Waals surface area contributed by atoms with Gasteiger partial charge >= 0.3 is 0 Å². The molecule has 3 heterocycles. The summed E-state index contributed by atoms with van der Waals surface area (Å²) in [5.41, 5.74) is 8.50. The lowest BCUT2D eigenvalue weighted by molar-refractivity contribution is 0.203. The molecule has 3 aliphatic rings. The molecule has 0 bridgehead atoms. The van der Waals surface area contributed by atoms with Crippen LogP contribution in [0, 0.1) is 47.5 Å². The van der Waals surface area contributed by atoms with Crippen molar-refractivity contribution in [1.82, 2.24) is 4.90 Å². The predicted octanol–water partition coefficient (Wildman–Crippen LogP) is 4.09. The van der Waals surface area contributed by atoms with Crippen LogP contribution in [-0.4, -0.2) is 38.5 Å². The Morgan fingerprint density at radius 1 is 0.828 bits per heavy atom. The highest BCUT2D eigenvalue weighted by atomic mass is 28.4. The van der Waals surface area contributed by atoms with Gasteiger partial charge in [-0.15, -0.1) is 0 Å². The van der Waals surface area contributed by atoms with Crippen LogP contribution in [0.2, 0.25) is 6.04 Å². The van der Waals surface area contributed by atoms with E-state index in [0.29, 0.717) is 12.0 Å². The zero-order valence-electron chi connectivity index (χ0n) is 18.9. The molecule has 3 saturated heterocycles. The predicted molar refractivity (Wildman–Crippen MR) is 124 cm³/mol. The third kappa shape index (κ3) is 2.89. The standard InChI is InChI=1S/C26H35NOSi/c1-16-10-18(3)25(19(4)11-16)29(26-20(5)12-17(2)13-21(26)6)15-22-23-8-7-9-27(23)14-24(22)28-29/h10-13,22-24H,7-9,14-15H2,1-6H3/t22?,23-,24?/m0/s1. The van der Waals surface area contributed by atoms with Gasteiger partial charge in [-0.2, -0.15) is 0 Å². The summed E-state index contributed by atoms with van der Waals surface area (Å²) in [5.74, 6) is 0.712. The van der Waals surface area contributed by atoms with E-state index in [2.05, 4.69) is 70.7 Å². The Kier molecular flexibility index (Phi) is 4.58. The van der Waals surface area contributed by atoms with Gasteiger partial charge in [-0.3, -0.25) is 4.90 Å². The summed E-state index contributed by atoms with van der Waals surface area (Å²) >= 11 is 0. The van der Waals surface area contributed by atoms with Crippen LogP contribution in [0.5, 0.6) is 0 Å². The second-order valence-electron chi connectivity index (χ2n) is 10.1. The van der Waals surface area contributed by atoms with Crippen molar-refractivity contribution in [2.45, 2.75) is 72.6 Å². The van der Waals surface area contributed by atoms with Crippen LogP contribution < -0.4 is 10.4 Å². The van der Waals surface area contributed by atoms with Crippen molar-refractivity contribution in [3.63, 3.8) is 0 Å². The minimum Gasteiger partial charge on any atom is -0.403 e. The number of benzene rings is 2. The zero-order chi connectivity index (χ0) is 20.5. The second-order valence-corrected chi connectivity index (χ2v) is 13.4. The highest BCUT2D eigenvalue weighted by molar-refractivity contribution is 6.99. The Bertz CT molecular complexity index is 877. The number of fused-ring (bicyclic) bond motifs is 3. The maximum atomic E-state index is 7.38. The Hall–Kier alpha value is -1.42. The number of aryl methyl sites for hydroxylation is 6. The van der Waals surface area contributed by atoms with Gasteiger partial charge in [-0.1, -0.05) is 35.4 Å². The number of rotatable bonds is 2. The summed E-state index contributed by atoms with van der Waals surface area (Å²) in [6.07, 6.45) is 3.16. The van der Waals surface area contributed by atoms with E-state index in [0.717, 1.165) is 12.6 Å². The second kappa shape index (κ2) is 6.80. The first-order valence-electron chi connectivity index (χ1n) is 11.4. The molecule has 3 atom stereocenters. The average Bonchev–Trinajstić information content (AvgIpc) is 3.24. The quantitative estimate of drug-likeness (QED) is 0.698. The smallest absolute Gasteiger partial charge is 0.257 e. The molecule has 2 aromatic carbocycles. The van der Waals surface area contributed by atoms with Gasteiger partial charge in [-0.25, -0.2) is 0 Å². The fourth-order valence-electron chi connectivity index (χ4n) is 7.29. The largest absolute Gasteiger partial charge is 0.403 e. The molecule has 0 N–H and O–H groups in total. The number of hydrogen-bond donors (Lipinski definition) is 0. The molecule has 3 aliphatic heterocycles. The van der Waals surface area contributed by atoms with E-state index >= 15 is 0 Å². The van der Waals surface area contributed by atoms with Gasteiger partial charge in [0.15, 0.2) is 0 Å². The van der Waals surface area contributed by atoms with Gasteiger partial charge in [0.05, 0.1) is 6.10 Å².